The van der Waals surface area contributed by atoms with E-state index in [1.165, 1.54) is 18.9 Å². The number of aryl methyl sites for hydroxylation is 1. The fourth-order valence-corrected chi connectivity index (χ4v) is 7.52. The van der Waals surface area contributed by atoms with Crippen LogP contribution in [0.1, 0.15) is 41.6 Å². The number of amides is 1. The van der Waals surface area contributed by atoms with Crippen LogP contribution in [0.3, 0.4) is 0 Å². The highest BCUT2D eigenvalue weighted by atomic mass is 19.1. The van der Waals surface area contributed by atoms with E-state index in [1.54, 1.807) is 19.2 Å². The molecule has 2 bridgehead atoms. The number of hydrogen-bond donors (Lipinski definition) is 2. The van der Waals surface area contributed by atoms with Gasteiger partial charge in [0.15, 0.2) is 5.82 Å². The minimum absolute atomic E-state index is 0.0204. The molecule has 0 radical (unpaired) electrons. The molecule has 44 heavy (non-hydrogen) atoms. The van der Waals surface area contributed by atoms with E-state index in [-0.39, 0.29) is 30.4 Å². The van der Waals surface area contributed by atoms with Crippen LogP contribution < -0.4 is 10.5 Å². The number of ether oxygens (including phenoxy) is 1. The molecule has 2 saturated carbocycles. The molecule has 3 unspecified atom stereocenters. The van der Waals surface area contributed by atoms with Gasteiger partial charge >= 0.3 is 0 Å². The van der Waals surface area contributed by atoms with E-state index >= 15 is 0 Å². The third-order valence-corrected chi connectivity index (χ3v) is 10.1. The van der Waals surface area contributed by atoms with Gasteiger partial charge in [-0.25, -0.2) is 9.37 Å². The Morgan fingerprint density at radius 1 is 1.09 bits per heavy atom. The number of hydrogen-bond acceptors (Lipinski definition) is 5. The van der Waals surface area contributed by atoms with E-state index in [4.69, 9.17) is 15.5 Å². The van der Waals surface area contributed by atoms with Crippen LogP contribution in [0.4, 0.5) is 4.39 Å². The van der Waals surface area contributed by atoms with Crippen molar-refractivity contribution < 1.29 is 19.0 Å². The van der Waals surface area contributed by atoms with Gasteiger partial charge in [-0.3, -0.25) is 4.79 Å². The van der Waals surface area contributed by atoms with Gasteiger partial charge in [-0.05, 0) is 85.0 Å². The maximum atomic E-state index is 14.9. The normalized spacial score (nSPS) is 21.2. The number of benzene rings is 3. The average molecular weight is 594 g/mol. The quantitative estimate of drug-likeness (QED) is 0.261. The second-order valence-corrected chi connectivity index (χ2v) is 12.8. The second-order valence-electron chi connectivity index (χ2n) is 12.8. The molecule has 0 spiro atoms. The molecule has 5 aromatic rings. The van der Waals surface area contributed by atoms with Crippen LogP contribution >= 0.6 is 0 Å². The van der Waals surface area contributed by atoms with Crippen LogP contribution in [0.2, 0.25) is 0 Å². The third kappa shape index (κ3) is 4.24. The number of imidazole rings is 1. The SMILES string of the molecule is COc1cc(C(=O)N2CC3CCC2C3N)cc2nc(-c3cc4ccc(-c5cc(CO)ccc5F)cc4n3CC3CC3)n(C)c12. The number of halogens is 1. The summed E-state index contributed by atoms with van der Waals surface area (Å²) in [6.45, 7) is 1.40. The molecule has 3 N–H and O–H groups in total. The van der Waals surface area contributed by atoms with Crippen molar-refractivity contribution >= 4 is 27.8 Å². The molecular weight excluding hydrogens is 557 g/mol. The number of aliphatic hydroxyl groups excluding tert-OH is 1. The summed E-state index contributed by atoms with van der Waals surface area (Å²) in [5.41, 5.74) is 12.4. The highest BCUT2D eigenvalue weighted by Crippen LogP contribution is 2.41. The molecule has 2 aliphatic carbocycles. The maximum absolute atomic E-state index is 14.9. The van der Waals surface area contributed by atoms with Gasteiger partial charge in [-0.1, -0.05) is 18.2 Å². The first-order valence-electron chi connectivity index (χ1n) is 15.5. The number of fused-ring (bicyclic) bond motifs is 4. The van der Waals surface area contributed by atoms with E-state index in [1.807, 2.05) is 46.8 Å². The Kier molecular flexibility index (Phi) is 6.32. The lowest BCUT2D eigenvalue weighted by atomic mass is 10.0. The van der Waals surface area contributed by atoms with Crippen LogP contribution in [0.5, 0.6) is 5.75 Å². The number of carbonyl (C=O) groups is 1. The highest BCUT2D eigenvalue weighted by molar-refractivity contribution is 6.00. The first-order chi connectivity index (χ1) is 21.3. The molecule has 226 valence electrons. The van der Waals surface area contributed by atoms with Crippen LogP contribution in [0.15, 0.2) is 54.6 Å². The zero-order chi connectivity index (χ0) is 30.3. The average Bonchev–Trinajstić information content (AvgIpc) is 3.44. The summed E-state index contributed by atoms with van der Waals surface area (Å²) in [4.78, 5) is 20.7. The largest absolute Gasteiger partial charge is 0.494 e. The molecule has 3 heterocycles. The Labute approximate surface area is 254 Å². The smallest absolute Gasteiger partial charge is 0.254 e. The Morgan fingerprint density at radius 3 is 2.64 bits per heavy atom. The molecule has 1 aliphatic heterocycles. The fraction of sp³-hybridized carbons (Fsp3) is 0.371. The van der Waals surface area contributed by atoms with Crippen LogP contribution in [-0.4, -0.2) is 55.8 Å². The first kappa shape index (κ1) is 27.3. The van der Waals surface area contributed by atoms with Gasteiger partial charge in [-0.2, -0.15) is 0 Å². The monoisotopic (exact) mass is 593 g/mol. The zero-order valence-corrected chi connectivity index (χ0v) is 25.0. The van der Waals surface area contributed by atoms with E-state index in [9.17, 15) is 14.3 Å². The van der Waals surface area contributed by atoms with Gasteiger partial charge in [0, 0.05) is 54.3 Å². The van der Waals surface area contributed by atoms with Gasteiger partial charge in [0.05, 0.1) is 24.9 Å². The summed E-state index contributed by atoms with van der Waals surface area (Å²) in [5.74, 6) is 1.99. The van der Waals surface area contributed by atoms with Crippen molar-refractivity contribution in [2.45, 2.75) is 50.9 Å². The summed E-state index contributed by atoms with van der Waals surface area (Å²) in [6, 6.07) is 16.7. The van der Waals surface area contributed by atoms with E-state index in [0.29, 0.717) is 46.3 Å². The summed E-state index contributed by atoms with van der Waals surface area (Å²) in [6.07, 6.45) is 4.39. The number of methoxy groups -OCH3 is 1. The number of rotatable bonds is 7. The molecule has 3 aromatic carbocycles. The van der Waals surface area contributed by atoms with Gasteiger partial charge in [0.2, 0.25) is 0 Å². The lowest BCUT2D eigenvalue weighted by Crippen LogP contribution is -2.41. The van der Waals surface area contributed by atoms with Gasteiger partial charge < -0.3 is 29.6 Å². The van der Waals surface area contributed by atoms with Gasteiger partial charge in [0.1, 0.15) is 17.1 Å². The van der Waals surface area contributed by atoms with Crippen molar-refractivity contribution in [3.05, 3.63) is 71.5 Å². The number of nitrogens with zero attached hydrogens (tertiary/aromatic N) is 4. The lowest BCUT2D eigenvalue weighted by Gasteiger charge is -2.27. The topological polar surface area (TPSA) is 98.5 Å². The Morgan fingerprint density at radius 2 is 1.93 bits per heavy atom. The molecule has 3 aliphatic rings. The van der Waals surface area contributed by atoms with E-state index in [0.717, 1.165) is 52.9 Å². The number of carbonyl (C=O) groups excluding carboxylic acids is 1. The van der Waals surface area contributed by atoms with Crippen LogP contribution in [0, 0.1) is 17.7 Å². The number of aromatic nitrogens is 3. The predicted octanol–water partition coefficient (Wildman–Crippen LogP) is 5.47. The molecule has 3 fully saturated rings. The number of likely N-dealkylation sites (tertiary alicyclic amines) is 1. The van der Waals surface area contributed by atoms with E-state index < -0.39 is 0 Å². The molecule has 8 nitrogen and oxygen atoms in total. The number of aliphatic hydroxyl groups is 1. The van der Waals surface area contributed by atoms with Crippen molar-refractivity contribution in [2.75, 3.05) is 13.7 Å². The molecule has 1 amide bonds. The Hall–Kier alpha value is -4.21. The van der Waals surface area contributed by atoms with Crippen LogP contribution in [-0.2, 0) is 20.2 Å². The second kappa shape index (κ2) is 10.2. The molecule has 2 aromatic heterocycles. The van der Waals surface area contributed by atoms with Crippen LogP contribution in [0.25, 0.3) is 44.6 Å². The number of piperidine rings is 1. The fourth-order valence-electron chi connectivity index (χ4n) is 7.52. The van der Waals surface area contributed by atoms with Gasteiger partial charge in [-0.15, -0.1) is 0 Å². The minimum Gasteiger partial charge on any atom is -0.494 e. The van der Waals surface area contributed by atoms with Crippen molar-refractivity contribution in [1.82, 2.24) is 19.0 Å². The van der Waals surface area contributed by atoms with E-state index in [2.05, 4.69) is 10.6 Å². The standard InChI is InChI=1S/C35H36FN5O3/c1-39-33-27(12-24(15-31(33)44-2)35(43)41-17-23-8-10-28(41)32(23)37)38-34(39)30-14-22-7-6-21(13-29(22)40(30)16-19-3-4-19)25-11-20(18-42)5-9-26(25)36/h5-7,9,11-15,19,23,28,32,42H,3-4,8,10,16-18,37H2,1-2H3. The third-order valence-electron chi connectivity index (χ3n) is 10.1. The predicted molar refractivity (Wildman–Crippen MR) is 168 cm³/mol. The first-order valence-corrected chi connectivity index (χ1v) is 15.5. The van der Waals surface area contributed by atoms with Crippen molar-refractivity contribution in [3.8, 4) is 28.4 Å². The van der Waals surface area contributed by atoms with Crippen molar-refractivity contribution in [3.63, 3.8) is 0 Å². The zero-order valence-electron chi connectivity index (χ0n) is 25.0. The maximum Gasteiger partial charge on any atom is 0.254 e. The molecule has 1 saturated heterocycles. The summed E-state index contributed by atoms with van der Waals surface area (Å²) < 4.78 is 25.1. The van der Waals surface area contributed by atoms with Gasteiger partial charge in [0.25, 0.3) is 5.91 Å². The molecular formula is C35H36FN5O3. The molecule has 8 rings (SSSR count). The lowest BCUT2D eigenvalue weighted by molar-refractivity contribution is 0.0700. The Bertz CT molecular complexity index is 1960. The molecule has 3 atom stereocenters. The number of nitrogens with two attached hydrogens (primary N) is 1. The summed E-state index contributed by atoms with van der Waals surface area (Å²) in [7, 11) is 3.60. The Balaban J connectivity index is 1.24. The summed E-state index contributed by atoms with van der Waals surface area (Å²) in [5, 5.41) is 10.7. The van der Waals surface area contributed by atoms with Crippen molar-refractivity contribution in [2.24, 2.45) is 24.6 Å². The highest BCUT2D eigenvalue weighted by Gasteiger charge is 2.47. The minimum atomic E-state index is -0.321. The van der Waals surface area contributed by atoms with Crippen molar-refractivity contribution in [1.29, 1.82) is 0 Å². The molecule has 9 heteroatoms. The summed E-state index contributed by atoms with van der Waals surface area (Å²) >= 11 is 0.